The molecule has 2 aromatic carbocycles. The van der Waals surface area contributed by atoms with Gasteiger partial charge in [-0.1, -0.05) is 30.3 Å². The van der Waals surface area contributed by atoms with Crippen molar-refractivity contribution in [3.05, 3.63) is 65.4 Å². The molecule has 100 valence electrons. The second-order valence-electron chi connectivity index (χ2n) is 4.64. The third kappa shape index (κ3) is 2.30. The van der Waals surface area contributed by atoms with Gasteiger partial charge in [0.2, 0.25) is 0 Å². The van der Waals surface area contributed by atoms with Crippen molar-refractivity contribution in [1.29, 1.82) is 0 Å². The standard InChI is InChI=1S/C17H14O3/c1-12-15-8-7-14(9-16(15)20-17(12)10-18)19-11-13-5-3-2-4-6-13/h2-10H,11H2,1H3. The van der Waals surface area contributed by atoms with Crippen molar-refractivity contribution in [3.63, 3.8) is 0 Å². The fourth-order valence-electron chi connectivity index (χ4n) is 2.17. The first-order chi connectivity index (χ1) is 9.78. The number of fused-ring (bicyclic) bond motifs is 1. The highest BCUT2D eigenvalue weighted by molar-refractivity contribution is 5.90. The van der Waals surface area contributed by atoms with Gasteiger partial charge in [0, 0.05) is 17.0 Å². The third-order valence-corrected chi connectivity index (χ3v) is 3.30. The number of furan rings is 1. The smallest absolute Gasteiger partial charge is 0.185 e. The number of benzene rings is 2. The number of carbonyl (C=O) groups excluding carboxylic acids is 1. The molecule has 1 aromatic heterocycles. The van der Waals surface area contributed by atoms with Gasteiger partial charge in [-0.2, -0.15) is 0 Å². The zero-order valence-electron chi connectivity index (χ0n) is 11.1. The Balaban J connectivity index is 1.84. The molecule has 3 heteroatoms. The Bertz CT molecular complexity index is 742. The van der Waals surface area contributed by atoms with Crippen LogP contribution in [-0.2, 0) is 6.61 Å². The lowest BCUT2D eigenvalue weighted by molar-refractivity contribution is 0.110. The van der Waals surface area contributed by atoms with Crippen LogP contribution in [0.15, 0.2) is 52.9 Å². The highest BCUT2D eigenvalue weighted by Gasteiger charge is 2.10. The Kier molecular flexibility index (Phi) is 3.25. The Labute approximate surface area is 116 Å². The predicted molar refractivity (Wildman–Crippen MR) is 77.1 cm³/mol. The van der Waals surface area contributed by atoms with Gasteiger partial charge in [0.1, 0.15) is 17.9 Å². The summed E-state index contributed by atoms with van der Waals surface area (Å²) in [5, 5.41) is 0.944. The first-order valence-electron chi connectivity index (χ1n) is 6.43. The summed E-state index contributed by atoms with van der Waals surface area (Å²) in [4.78, 5) is 10.9. The van der Waals surface area contributed by atoms with Crippen molar-refractivity contribution in [2.45, 2.75) is 13.5 Å². The van der Waals surface area contributed by atoms with E-state index in [0.717, 1.165) is 28.5 Å². The Morgan fingerprint density at radius 2 is 1.95 bits per heavy atom. The van der Waals surface area contributed by atoms with Crippen LogP contribution in [0, 0.1) is 6.92 Å². The molecule has 3 rings (SSSR count). The highest BCUT2D eigenvalue weighted by atomic mass is 16.5. The summed E-state index contributed by atoms with van der Waals surface area (Å²) < 4.78 is 11.2. The first kappa shape index (κ1) is 12.5. The summed E-state index contributed by atoms with van der Waals surface area (Å²) in [5.41, 5.74) is 2.65. The fourth-order valence-corrected chi connectivity index (χ4v) is 2.17. The van der Waals surface area contributed by atoms with Crippen LogP contribution in [0.5, 0.6) is 5.75 Å². The molecule has 3 nitrogen and oxygen atoms in total. The molecule has 3 aromatic rings. The Morgan fingerprint density at radius 1 is 1.15 bits per heavy atom. The normalized spacial score (nSPS) is 10.7. The molecule has 0 unspecified atom stereocenters. The minimum Gasteiger partial charge on any atom is -0.489 e. The van der Waals surface area contributed by atoms with E-state index in [9.17, 15) is 4.79 Å². The molecule has 1 heterocycles. The van der Waals surface area contributed by atoms with Gasteiger partial charge in [-0.25, -0.2) is 0 Å². The summed E-state index contributed by atoms with van der Waals surface area (Å²) in [6.45, 7) is 2.38. The summed E-state index contributed by atoms with van der Waals surface area (Å²) in [6.07, 6.45) is 0.736. The minimum absolute atomic E-state index is 0.375. The van der Waals surface area contributed by atoms with Gasteiger partial charge in [-0.05, 0) is 24.6 Å². The van der Waals surface area contributed by atoms with Crippen molar-refractivity contribution < 1.29 is 13.9 Å². The molecule has 20 heavy (non-hydrogen) atoms. The fraction of sp³-hybridized carbons (Fsp3) is 0.118. The van der Waals surface area contributed by atoms with Crippen molar-refractivity contribution >= 4 is 17.3 Å². The molecule has 0 saturated carbocycles. The van der Waals surface area contributed by atoms with Crippen LogP contribution in [-0.4, -0.2) is 6.29 Å². The third-order valence-electron chi connectivity index (χ3n) is 3.30. The molecule has 0 fully saturated rings. The van der Waals surface area contributed by atoms with E-state index < -0.39 is 0 Å². The summed E-state index contributed by atoms with van der Waals surface area (Å²) >= 11 is 0. The van der Waals surface area contributed by atoms with Crippen LogP contribution in [0.4, 0.5) is 0 Å². The molecule has 0 bridgehead atoms. The number of carbonyl (C=O) groups is 1. The number of rotatable bonds is 4. The van der Waals surface area contributed by atoms with Crippen LogP contribution in [0.3, 0.4) is 0 Å². The van der Waals surface area contributed by atoms with Crippen molar-refractivity contribution in [2.24, 2.45) is 0 Å². The van der Waals surface area contributed by atoms with Gasteiger partial charge in [-0.3, -0.25) is 4.79 Å². The van der Waals surface area contributed by atoms with Gasteiger partial charge in [0.05, 0.1) is 0 Å². The molecule has 0 amide bonds. The van der Waals surface area contributed by atoms with Crippen LogP contribution < -0.4 is 4.74 Å². The van der Waals surface area contributed by atoms with Crippen molar-refractivity contribution in [1.82, 2.24) is 0 Å². The average Bonchev–Trinajstić information content (AvgIpc) is 2.82. The van der Waals surface area contributed by atoms with Crippen LogP contribution in [0.1, 0.15) is 21.7 Å². The van der Waals surface area contributed by atoms with Crippen LogP contribution in [0.2, 0.25) is 0 Å². The molecular formula is C17H14O3. The average molecular weight is 266 g/mol. The second kappa shape index (κ2) is 5.21. The molecule has 0 aliphatic carbocycles. The Morgan fingerprint density at radius 3 is 2.70 bits per heavy atom. The summed E-state index contributed by atoms with van der Waals surface area (Å²) in [7, 11) is 0. The van der Waals surface area contributed by atoms with E-state index in [2.05, 4.69) is 0 Å². The van der Waals surface area contributed by atoms with Gasteiger partial charge in [0.25, 0.3) is 0 Å². The SMILES string of the molecule is Cc1c(C=O)oc2cc(OCc3ccccc3)ccc12. The summed E-state index contributed by atoms with van der Waals surface area (Å²) in [5.74, 6) is 1.10. The molecule has 0 saturated heterocycles. The topological polar surface area (TPSA) is 39.4 Å². The Hall–Kier alpha value is -2.55. The number of hydrogen-bond acceptors (Lipinski definition) is 3. The molecule has 0 spiro atoms. The quantitative estimate of drug-likeness (QED) is 0.666. The van der Waals surface area contributed by atoms with Crippen molar-refractivity contribution in [3.8, 4) is 5.75 Å². The molecule has 0 aliphatic heterocycles. The lowest BCUT2D eigenvalue weighted by Gasteiger charge is -2.05. The van der Waals surface area contributed by atoms with E-state index in [4.69, 9.17) is 9.15 Å². The minimum atomic E-state index is 0.375. The lowest BCUT2D eigenvalue weighted by atomic mass is 10.1. The van der Waals surface area contributed by atoms with Gasteiger partial charge < -0.3 is 9.15 Å². The zero-order chi connectivity index (χ0) is 13.9. The number of aryl methyl sites for hydroxylation is 1. The summed E-state index contributed by atoms with van der Waals surface area (Å²) in [6, 6.07) is 15.6. The van der Waals surface area contributed by atoms with E-state index in [-0.39, 0.29) is 0 Å². The molecular weight excluding hydrogens is 252 g/mol. The maximum absolute atomic E-state index is 10.9. The number of ether oxygens (including phenoxy) is 1. The maximum Gasteiger partial charge on any atom is 0.185 e. The largest absolute Gasteiger partial charge is 0.489 e. The first-order valence-corrected chi connectivity index (χ1v) is 6.43. The second-order valence-corrected chi connectivity index (χ2v) is 4.64. The van der Waals surface area contributed by atoms with Gasteiger partial charge in [0.15, 0.2) is 12.0 Å². The van der Waals surface area contributed by atoms with Crippen molar-refractivity contribution in [2.75, 3.05) is 0 Å². The molecule has 0 aliphatic rings. The number of hydrogen-bond donors (Lipinski definition) is 0. The number of aldehydes is 1. The van der Waals surface area contributed by atoms with Crippen LogP contribution >= 0.6 is 0 Å². The zero-order valence-corrected chi connectivity index (χ0v) is 11.1. The highest BCUT2D eigenvalue weighted by Crippen LogP contribution is 2.28. The van der Waals surface area contributed by atoms with Gasteiger partial charge >= 0.3 is 0 Å². The van der Waals surface area contributed by atoms with E-state index in [1.807, 2.05) is 55.5 Å². The molecule has 0 N–H and O–H groups in total. The maximum atomic E-state index is 10.9. The van der Waals surface area contributed by atoms with Crippen LogP contribution in [0.25, 0.3) is 11.0 Å². The van der Waals surface area contributed by atoms with E-state index in [1.165, 1.54) is 0 Å². The van der Waals surface area contributed by atoms with E-state index >= 15 is 0 Å². The molecule has 0 atom stereocenters. The monoisotopic (exact) mass is 266 g/mol. The molecule has 0 radical (unpaired) electrons. The lowest BCUT2D eigenvalue weighted by Crippen LogP contribution is -1.94. The van der Waals surface area contributed by atoms with E-state index in [1.54, 1.807) is 0 Å². The predicted octanol–water partition coefficient (Wildman–Crippen LogP) is 4.13. The van der Waals surface area contributed by atoms with E-state index in [0.29, 0.717) is 18.0 Å². The van der Waals surface area contributed by atoms with Gasteiger partial charge in [-0.15, -0.1) is 0 Å².